The van der Waals surface area contributed by atoms with Gasteiger partial charge in [0.25, 0.3) is 0 Å². The second kappa shape index (κ2) is 6.70. The Labute approximate surface area is 118 Å². The molecule has 0 spiro atoms. The third-order valence-electron chi connectivity index (χ3n) is 3.40. The average molecular weight is 293 g/mol. The van der Waals surface area contributed by atoms with Crippen molar-refractivity contribution in [2.24, 2.45) is 5.92 Å². The van der Waals surface area contributed by atoms with Crippen molar-refractivity contribution in [3.63, 3.8) is 0 Å². The SMILES string of the molecule is CC(C)(C)OC(=O)NC(CO)CC1CCC(F)(F)CC1. The summed E-state index contributed by atoms with van der Waals surface area (Å²) in [5.74, 6) is -2.44. The first-order chi connectivity index (χ1) is 9.11. The second-order valence-electron chi connectivity index (χ2n) is 6.56. The van der Waals surface area contributed by atoms with Crippen LogP contribution in [0.25, 0.3) is 0 Å². The molecule has 20 heavy (non-hydrogen) atoms. The predicted molar refractivity (Wildman–Crippen MR) is 71.8 cm³/mol. The lowest BCUT2D eigenvalue weighted by atomic mass is 9.83. The van der Waals surface area contributed by atoms with Crippen LogP contribution in [0.1, 0.15) is 52.9 Å². The molecule has 1 unspecified atom stereocenters. The van der Waals surface area contributed by atoms with E-state index < -0.39 is 23.7 Å². The molecule has 2 N–H and O–H groups in total. The summed E-state index contributed by atoms with van der Waals surface area (Å²) in [6.07, 6.45) is 0.563. The second-order valence-corrected chi connectivity index (χ2v) is 6.56. The number of aliphatic hydroxyl groups is 1. The average Bonchev–Trinajstić information content (AvgIpc) is 2.28. The molecule has 1 rings (SSSR count). The molecule has 1 saturated carbocycles. The Morgan fingerprint density at radius 2 is 1.95 bits per heavy atom. The Hall–Kier alpha value is -0.910. The van der Waals surface area contributed by atoms with E-state index in [1.165, 1.54) is 0 Å². The normalized spacial score (nSPS) is 21.3. The summed E-state index contributed by atoms with van der Waals surface area (Å²) in [5, 5.41) is 11.9. The lowest BCUT2D eigenvalue weighted by Crippen LogP contribution is -2.42. The first kappa shape index (κ1) is 17.1. The third kappa shape index (κ3) is 6.50. The molecule has 0 radical (unpaired) electrons. The maximum atomic E-state index is 13.1. The van der Waals surface area contributed by atoms with Crippen LogP contribution in [0, 0.1) is 5.92 Å². The van der Waals surface area contributed by atoms with Gasteiger partial charge in [0.05, 0.1) is 12.6 Å². The van der Waals surface area contributed by atoms with Gasteiger partial charge in [0.1, 0.15) is 5.60 Å². The van der Waals surface area contributed by atoms with Crippen LogP contribution in [0.4, 0.5) is 13.6 Å². The molecule has 1 aliphatic rings. The van der Waals surface area contributed by atoms with E-state index in [1.807, 2.05) is 0 Å². The minimum absolute atomic E-state index is 0.109. The number of rotatable bonds is 4. The van der Waals surface area contributed by atoms with E-state index in [4.69, 9.17) is 4.74 Å². The maximum absolute atomic E-state index is 13.1. The molecule has 0 aromatic heterocycles. The van der Waals surface area contributed by atoms with Gasteiger partial charge < -0.3 is 15.2 Å². The number of carbonyl (C=O) groups excluding carboxylic acids is 1. The van der Waals surface area contributed by atoms with Crippen molar-refractivity contribution < 1.29 is 23.4 Å². The Balaban J connectivity index is 2.38. The van der Waals surface area contributed by atoms with Crippen LogP contribution >= 0.6 is 0 Å². The fourth-order valence-corrected chi connectivity index (χ4v) is 2.39. The van der Waals surface area contributed by atoms with Crippen LogP contribution < -0.4 is 5.32 Å². The van der Waals surface area contributed by atoms with Crippen molar-refractivity contribution in [2.75, 3.05) is 6.61 Å². The maximum Gasteiger partial charge on any atom is 0.407 e. The molecule has 4 nitrogen and oxygen atoms in total. The molecular weight excluding hydrogens is 268 g/mol. The Kier molecular flexibility index (Phi) is 5.74. The highest BCUT2D eigenvalue weighted by Gasteiger charge is 2.35. The van der Waals surface area contributed by atoms with E-state index in [-0.39, 0.29) is 25.4 Å². The topological polar surface area (TPSA) is 58.6 Å². The lowest BCUT2D eigenvalue weighted by Gasteiger charge is -2.30. The number of alkyl halides is 2. The van der Waals surface area contributed by atoms with Gasteiger partial charge in [-0.3, -0.25) is 0 Å². The number of alkyl carbamates (subject to hydrolysis) is 1. The van der Waals surface area contributed by atoms with Crippen LogP contribution in [0.2, 0.25) is 0 Å². The number of amides is 1. The number of hydrogen-bond acceptors (Lipinski definition) is 3. The molecule has 0 heterocycles. The van der Waals surface area contributed by atoms with E-state index in [1.54, 1.807) is 20.8 Å². The quantitative estimate of drug-likeness (QED) is 0.837. The van der Waals surface area contributed by atoms with Gasteiger partial charge in [0, 0.05) is 12.8 Å². The zero-order valence-corrected chi connectivity index (χ0v) is 12.4. The highest BCUT2D eigenvalue weighted by atomic mass is 19.3. The summed E-state index contributed by atoms with van der Waals surface area (Å²) in [6.45, 7) is 5.05. The van der Waals surface area contributed by atoms with Crippen molar-refractivity contribution >= 4 is 6.09 Å². The van der Waals surface area contributed by atoms with Gasteiger partial charge in [-0.05, 0) is 46.0 Å². The van der Waals surface area contributed by atoms with Gasteiger partial charge in [0.2, 0.25) is 5.92 Å². The van der Waals surface area contributed by atoms with Gasteiger partial charge >= 0.3 is 6.09 Å². The minimum atomic E-state index is -2.55. The molecule has 0 aromatic rings. The lowest BCUT2D eigenvalue weighted by molar-refractivity contribution is -0.0480. The molecule has 0 aliphatic heterocycles. The first-order valence-electron chi connectivity index (χ1n) is 7.09. The van der Waals surface area contributed by atoms with Crippen LogP contribution in [-0.2, 0) is 4.74 Å². The molecule has 0 saturated heterocycles. The zero-order chi connectivity index (χ0) is 15.4. The summed E-state index contributed by atoms with van der Waals surface area (Å²) in [6, 6.07) is -0.443. The molecular formula is C14H25F2NO3. The predicted octanol–water partition coefficient (Wildman–Crippen LogP) is 3.09. The van der Waals surface area contributed by atoms with Gasteiger partial charge in [0.15, 0.2) is 0 Å². The standard InChI is InChI=1S/C14H25F2NO3/c1-13(2,3)20-12(19)17-11(9-18)8-10-4-6-14(15,16)7-5-10/h10-11,18H,4-9H2,1-3H3,(H,17,19). The van der Waals surface area contributed by atoms with E-state index in [0.717, 1.165) is 0 Å². The highest BCUT2D eigenvalue weighted by Crippen LogP contribution is 2.37. The van der Waals surface area contributed by atoms with E-state index in [2.05, 4.69) is 5.32 Å². The molecule has 1 aliphatic carbocycles. The van der Waals surface area contributed by atoms with Gasteiger partial charge in [-0.25, -0.2) is 13.6 Å². The molecule has 1 atom stereocenters. The van der Waals surface area contributed by atoms with Crippen molar-refractivity contribution in [1.29, 1.82) is 0 Å². The Morgan fingerprint density at radius 1 is 1.40 bits per heavy atom. The fourth-order valence-electron chi connectivity index (χ4n) is 2.39. The largest absolute Gasteiger partial charge is 0.444 e. The van der Waals surface area contributed by atoms with E-state index >= 15 is 0 Å². The smallest absolute Gasteiger partial charge is 0.407 e. The van der Waals surface area contributed by atoms with Gasteiger partial charge in [-0.15, -0.1) is 0 Å². The number of carbonyl (C=O) groups is 1. The van der Waals surface area contributed by atoms with Crippen molar-refractivity contribution in [1.82, 2.24) is 5.32 Å². The molecule has 0 bridgehead atoms. The van der Waals surface area contributed by atoms with E-state index in [0.29, 0.717) is 19.3 Å². The Bertz CT molecular complexity index is 319. The van der Waals surface area contributed by atoms with Crippen molar-refractivity contribution in [2.45, 2.75) is 70.4 Å². The fraction of sp³-hybridized carbons (Fsp3) is 0.929. The summed E-state index contributed by atoms with van der Waals surface area (Å²) in [7, 11) is 0. The molecule has 0 aromatic carbocycles. The van der Waals surface area contributed by atoms with Crippen LogP contribution in [0.3, 0.4) is 0 Å². The van der Waals surface area contributed by atoms with Crippen molar-refractivity contribution in [3.8, 4) is 0 Å². The number of aliphatic hydroxyl groups excluding tert-OH is 1. The third-order valence-corrected chi connectivity index (χ3v) is 3.40. The Morgan fingerprint density at radius 3 is 2.40 bits per heavy atom. The zero-order valence-electron chi connectivity index (χ0n) is 12.4. The number of ether oxygens (including phenoxy) is 1. The van der Waals surface area contributed by atoms with Gasteiger partial charge in [-0.2, -0.15) is 0 Å². The molecule has 118 valence electrons. The monoisotopic (exact) mass is 293 g/mol. The molecule has 1 fully saturated rings. The summed E-state index contributed by atoms with van der Waals surface area (Å²) in [4.78, 5) is 11.6. The summed E-state index contributed by atoms with van der Waals surface area (Å²) >= 11 is 0. The van der Waals surface area contributed by atoms with E-state index in [9.17, 15) is 18.7 Å². The molecule has 1 amide bonds. The van der Waals surface area contributed by atoms with Crippen molar-refractivity contribution in [3.05, 3.63) is 0 Å². The number of nitrogens with one attached hydrogen (secondary N) is 1. The summed E-state index contributed by atoms with van der Waals surface area (Å²) < 4.78 is 31.2. The number of hydrogen-bond donors (Lipinski definition) is 2. The van der Waals surface area contributed by atoms with Crippen LogP contribution in [-0.4, -0.2) is 35.4 Å². The number of halogens is 2. The van der Waals surface area contributed by atoms with Gasteiger partial charge in [-0.1, -0.05) is 0 Å². The van der Waals surface area contributed by atoms with Crippen LogP contribution in [0.5, 0.6) is 0 Å². The minimum Gasteiger partial charge on any atom is -0.444 e. The summed E-state index contributed by atoms with van der Waals surface area (Å²) in [5.41, 5.74) is -0.600. The highest BCUT2D eigenvalue weighted by molar-refractivity contribution is 5.68. The molecule has 6 heteroatoms. The first-order valence-corrected chi connectivity index (χ1v) is 7.09. The van der Waals surface area contributed by atoms with Crippen LogP contribution in [0.15, 0.2) is 0 Å².